The summed E-state index contributed by atoms with van der Waals surface area (Å²) >= 11 is 0. The van der Waals surface area contributed by atoms with Crippen LogP contribution in [0.2, 0.25) is 0 Å². The third-order valence-electron chi connectivity index (χ3n) is 7.49. The van der Waals surface area contributed by atoms with E-state index in [0.29, 0.717) is 12.2 Å². The van der Waals surface area contributed by atoms with Gasteiger partial charge in [-0.3, -0.25) is 4.79 Å². The van der Waals surface area contributed by atoms with E-state index in [1.165, 1.54) is 39.0 Å². The van der Waals surface area contributed by atoms with Gasteiger partial charge >= 0.3 is 0 Å². The average molecular weight is 457 g/mol. The van der Waals surface area contributed by atoms with E-state index in [0.717, 1.165) is 25.0 Å². The number of furan rings is 1. The van der Waals surface area contributed by atoms with Crippen LogP contribution >= 0.6 is 0 Å². The third kappa shape index (κ3) is 4.21. The summed E-state index contributed by atoms with van der Waals surface area (Å²) in [6.07, 6.45) is 9.20. The van der Waals surface area contributed by atoms with E-state index in [1.54, 1.807) is 6.26 Å². The van der Waals surface area contributed by atoms with Gasteiger partial charge in [0.25, 0.3) is 0 Å². The maximum Gasteiger partial charge on any atom is 0.145 e. The zero-order valence-electron chi connectivity index (χ0n) is 19.7. The lowest BCUT2D eigenvalue weighted by Crippen LogP contribution is -2.21. The van der Waals surface area contributed by atoms with Gasteiger partial charge in [-0.2, -0.15) is 0 Å². The van der Waals surface area contributed by atoms with Gasteiger partial charge in [0, 0.05) is 18.8 Å². The molecule has 172 valence electrons. The number of hydrogen-bond acceptors (Lipinski definition) is 2. The van der Waals surface area contributed by atoms with E-state index in [-0.39, 0.29) is 11.8 Å². The SMILES string of the molecule is O=C(CCC1=CC=C(c2ccccc2)C1Cc1ccco1)C1c2ccccc2Cc2ccccc21. The van der Waals surface area contributed by atoms with E-state index < -0.39 is 0 Å². The van der Waals surface area contributed by atoms with Gasteiger partial charge in [-0.25, -0.2) is 0 Å². The zero-order chi connectivity index (χ0) is 23.6. The number of benzene rings is 3. The van der Waals surface area contributed by atoms with Crippen LogP contribution in [0.4, 0.5) is 0 Å². The van der Waals surface area contributed by atoms with E-state index in [9.17, 15) is 4.79 Å². The Morgan fingerprint density at radius 1 is 0.771 bits per heavy atom. The van der Waals surface area contributed by atoms with Crippen LogP contribution in [0.5, 0.6) is 0 Å². The molecule has 2 nitrogen and oxygen atoms in total. The molecule has 0 bridgehead atoms. The maximum absolute atomic E-state index is 13.8. The van der Waals surface area contributed by atoms with E-state index in [2.05, 4.69) is 84.9 Å². The van der Waals surface area contributed by atoms with Crippen LogP contribution in [0.1, 0.15) is 52.3 Å². The highest BCUT2D eigenvalue weighted by Crippen LogP contribution is 2.41. The molecule has 1 unspecified atom stereocenters. The molecule has 0 amide bonds. The highest BCUT2D eigenvalue weighted by Gasteiger charge is 2.31. The first kappa shape index (κ1) is 21.6. The van der Waals surface area contributed by atoms with Crippen molar-refractivity contribution in [2.24, 2.45) is 5.92 Å². The lowest BCUT2D eigenvalue weighted by molar-refractivity contribution is -0.119. The summed E-state index contributed by atoms with van der Waals surface area (Å²) in [7, 11) is 0. The highest BCUT2D eigenvalue weighted by atomic mass is 16.3. The number of allylic oxidation sites excluding steroid dienone is 4. The Kier molecular flexibility index (Phi) is 5.79. The lowest BCUT2D eigenvalue weighted by Gasteiger charge is -2.28. The maximum atomic E-state index is 13.8. The molecule has 0 fully saturated rings. The van der Waals surface area contributed by atoms with Crippen molar-refractivity contribution in [3.63, 3.8) is 0 Å². The fourth-order valence-electron chi connectivity index (χ4n) is 5.77. The minimum absolute atomic E-state index is 0.178. The van der Waals surface area contributed by atoms with E-state index in [1.807, 2.05) is 18.2 Å². The van der Waals surface area contributed by atoms with Gasteiger partial charge in [0.1, 0.15) is 11.5 Å². The quantitative estimate of drug-likeness (QED) is 0.287. The number of rotatable bonds is 7. The molecule has 0 radical (unpaired) electrons. The summed E-state index contributed by atoms with van der Waals surface area (Å²) in [6, 6.07) is 31.4. The Balaban J connectivity index is 1.24. The predicted octanol–water partition coefficient (Wildman–Crippen LogP) is 7.55. The Bertz CT molecular complexity index is 1360. The number of carbonyl (C=O) groups excluding carboxylic acids is 1. The van der Waals surface area contributed by atoms with Crippen LogP contribution in [0.25, 0.3) is 5.57 Å². The fourth-order valence-corrected chi connectivity index (χ4v) is 5.77. The van der Waals surface area contributed by atoms with Crippen molar-refractivity contribution in [1.29, 1.82) is 0 Å². The molecule has 1 aromatic heterocycles. The van der Waals surface area contributed by atoms with Crippen molar-refractivity contribution < 1.29 is 9.21 Å². The molecule has 2 heteroatoms. The van der Waals surface area contributed by atoms with Gasteiger partial charge in [0.2, 0.25) is 0 Å². The van der Waals surface area contributed by atoms with Crippen LogP contribution in [-0.2, 0) is 17.6 Å². The first-order chi connectivity index (χ1) is 17.3. The second-order valence-corrected chi connectivity index (χ2v) is 9.54. The first-order valence-electron chi connectivity index (χ1n) is 12.4. The molecule has 4 aromatic rings. The average Bonchev–Trinajstić information content (AvgIpc) is 3.56. The van der Waals surface area contributed by atoms with Crippen molar-refractivity contribution >= 4 is 11.4 Å². The number of Topliss-reactive ketones (excluding diaryl/α,β-unsaturated/α-hetero) is 1. The molecule has 0 spiro atoms. The minimum atomic E-state index is -0.178. The van der Waals surface area contributed by atoms with Gasteiger partial charge in [-0.1, -0.05) is 96.6 Å². The molecule has 6 rings (SSSR count). The standard InChI is InChI=1S/C33H28O2/c34-32(33-29-14-6-4-11-25(29)21-26-12-5-7-15-30(26)33)19-17-24-16-18-28(23-9-2-1-3-10-23)31(24)22-27-13-8-20-35-27/h1-16,18,20,31,33H,17,19,21-22H2. The van der Waals surface area contributed by atoms with Crippen molar-refractivity contribution in [3.05, 3.63) is 149 Å². The number of hydrogen-bond donors (Lipinski definition) is 0. The summed E-state index contributed by atoms with van der Waals surface area (Å²) in [5.41, 5.74) is 8.74. The molecule has 2 aliphatic carbocycles. The number of carbonyl (C=O) groups is 1. The van der Waals surface area contributed by atoms with Crippen LogP contribution in [0, 0.1) is 5.92 Å². The second-order valence-electron chi connectivity index (χ2n) is 9.54. The normalized spacial score (nSPS) is 16.9. The Morgan fingerprint density at radius 3 is 2.14 bits per heavy atom. The molecular formula is C33H28O2. The number of fused-ring (bicyclic) bond motifs is 2. The first-order valence-corrected chi connectivity index (χ1v) is 12.4. The molecule has 1 atom stereocenters. The smallest absolute Gasteiger partial charge is 0.145 e. The fraction of sp³-hybridized carbons (Fsp3) is 0.182. The Labute approximate surface area is 206 Å². The minimum Gasteiger partial charge on any atom is -0.469 e. The van der Waals surface area contributed by atoms with E-state index in [4.69, 9.17) is 4.42 Å². The molecule has 3 aromatic carbocycles. The van der Waals surface area contributed by atoms with Gasteiger partial charge < -0.3 is 4.42 Å². The van der Waals surface area contributed by atoms with Crippen molar-refractivity contribution in [3.8, 4) is 0 Å². The molecule has 0 N–H and O–H groups in total. The van der Waals surface area contributed by atoms with Gasteiger partial charge in [-0.05, 0) is 58.4 Å². The van der Waals surface area contributed by atoms with Crippen LogP contribution in [0.3, 0.4) is 0 Å². The predicted molar refractivity (Wildman–Crippen MR) is 140 cm³/mol. The van der Waals surface area contributed by atoms with Gasteiger partial charge in [-0.15, -0.1) is 0 Å². The summed E-state index contributed by atoms with van der Waals surface area (Å²) < 4.78 is 5.71. The molecular weight excluding hydrogens is 428 g/mol. The molecule has 2 aliphatic rings. The molecule has 0 aliphatic heterocycles. The van der Waals surface area contributed by atoms with Crippen LogP contribution in [0.15, 0.2) is 119 Å². The molecule has 35 heavy (non-hydrogen) atoms. The second kappa shape index (κ2) is 9.38. The summed E-state index contributed by atoms with van der Waals surface area (Å²) in [5.74, 6) is 1.33. The zero-order valence-corrected chi connectivity index (χ0v) is 19.7. The topological polar surface area (TPSA) is 30.2 Å². The monoisotopic (exact) mass is 456 g/mol. The third-order valence-corrected chi connectivity index (χ3v) is 7.49. The molecule has 0 saturated heterocycles. The van der Waals surface area contributed by atoms with Gasteiger partial charge in [0.15, 0.2) is 0 Å². The van der Waals surface area contributed by atoms with Crippen molar-refractivity contribution in [2.45, 2.75) is 31.6 Å². The van der Waals surface area contributed by atoms with Gasteiger partial charge in [0.05, 0.1) is 12.2 Å². The summed E-state index contributed by atoms with van der Waals surface area (Å²) in [5, 5.41) is 0. The van der Waals surface area contributed by atoms with Crippen LogP contribution < -0.4 is 0 Å². The lowest BCUT2D eigenvalue weighted by atomic mass is 9.75. The summed E-state index contributed by atoms with van der Waals surface area (Å²) in [4.78, 5) is 13.8. The highest BCUT2D eigenvalue weighted by molar-refractivity contribution is 5.91. The Hall–Kier alpha value is -3.91. The molecule has 0 saturated carbocycles. The number of ketones is 1. The van der Waals surface area contributed by atoms with Crippen LogP contribution in [-0.4, -0.2) is 5.78 Å². The van der Waals surface area contributed by atoms with Crippen molar-refractivity contribution in [2.75, 3.05) is 0 Å². The Morgan fingerprint density at radius 2 is 1.46 bits per heavy atom. The molecule has 1 heterocycles. The largest absolute Gasteiger partial charge is 0.469 e. The van der Waals surface area contributed by atoms with Crippen molar-refractivity contribution in [1.82, 2.24) is 0 Å². The van der Waals surface area contributed by atoms with E-state index >= 15 is 0 Å². The summed E-state index contributed by atoms with van der Waals surface area (Å²) in [6.45, 7) is 0.